The molecule has 0 unspecified atom stereocenters. The average Bonchev–Trinajstić information content (AvgIpc) is 4.17. The van der Waals surface area contributed by atoms with Gasteiger partial charge in [-0.15, -0.1) is 0 Å². The third kappa shape index (κ3) is 20.7. The second-order valence-corrected chi connectivity index (χ2v) is 20.5. The van der Waals surface area contributed by atoms with Crippen molar-refractivity contribution in [1.82, 2.24) is 52.1 Å². The highest BCUT2D eigenvalue weighted by atomic mass is 32.1. The quantitative estimate of drug-likeness (QED) is 0.0141. The summed E-state index contributed by atoms with van der Waals surface area (Å²) in [5.41, 5.74) is 18.2. The lowest BCUT2D eigenvalue weighted by molar-refractivity contribution is -0.145. The van der Waals surface area contributed by atoms with Gasteiger partial charge >= 0.3 is 11.9 Å². The molecule has 1 fully saturated rings. The minimum absolute atomic E-state index is 0.00280. The van der Waals surface area contributed by atoms with Crippen molar-refractivity contribution in [1.29, 1.82) is 0 Å². The van der Waals surface area contributed by atoms with Crippen LogP contribution in [-0.4, -0.2) is 169 Å². The molecule has 1 aromatic heterocycles. The standard InChI is InChI=1S/C53H76N14O13S/c1-5-29(4)43(50(77)63-38(23-32-25-57-27-59-32)51(78)67-20-10-14-40(67)48(75)64-39(52(79)80)22-30-11-7-6-8-12-30)66-47(74)36(21-31-15-17-33(68)18-16-31)62-49(76)42(28(2)3)65-45(72)35(13-9-19-58-53(55)56)60-46(73)37(24-41(69)70)61-44(71)34(54)26-81/h6-8,11-12,15-18,25,27-29,34-40,42-43,68,81H,5,9-10,13-14,19-24,26,54H2,1-4H3,(H,57,59)(H,60,73)(H,61,71)(H,62,76)(H,63,77)(H,64,75)(H,65,72)(H,66,74)(H,69,70)(H,79,80)(H4,55,56,58)/t29-,34-,35-,36-,37-,38-,39-,40-,42-,43-/m0/s1. The number of nitrogens with two attached hydrogens (primary N) is 3. The Bertz CT molecular complexity index is 2660. The van der Waals surface area contributed by atoms with Gasteiger partial charge in [0.15, 0.2) is 5.96 Å². The highest BCUT2D eigenvalue weighted by molar-refractivity contribution is 7.80. The number of thiol groups is 1. The molecule has 81 heavy (non-hydrogen) atoms. The van der Waals surface area contributed by atoms with Crippen LogP contribution in [0.25, 0.3) is 0 Å². The fourth-order valence-electron chi connectivity index (χ4n) is 8.77. The van der Waals surface area contributed by atoms with Crippen LogP contribution in [-0.2, 0) is 67.2 Å². The molecule has 10 atom stereocenters. The lowest BCUT2D eigenvalue weighted by atomic mass is 9.96. The molecule has 0 aliphatic carbocycles. The highest BCUT2D eigenvalue weighted by Crippen LogP contribution is 2.21. The number of carbonyl (C=O) groups is 10. The first kappa shape index (κ1) is 65.2. The summed E-state index contributed by atoms with van der Waals surface area (Å²) in [6.07, 6.45) is 2.45. The van der Waals surface area contributed by atoms with E-state index in [-0.39, 0.29) is 69.1 Å². The zero-order chi connectivity index (χ0) is 59.9. The van der Waals surface area contributed by atoms with E-state index >= 15 is 0 Å². The maximum absolute atomic E-state index is 14.7. The molecule has 442 valence electrons. The number of benzene rings is 2. The summed E-state index contributed by atoms with van der Waals surface area (Å²) in [6, 6.07) is 2.14. The van der Waals surface area contributed by atoms with Crippen molar-refractivity contribution < 1.29 is 63.3 Å². The summed E-state index contributed by atoms with van der Waals surface area (Å²) in [7, 11) is 0. The molecule has 2 heterocycles. The van der Waals surface area contributed by atoms with Crippen molar-refractivity contribution >= 4 is 77.8 Å². The van der Waals surface area contributed by atoms with Gasteiger partial charge in [-0.2, -0.15) is 12.6 Å². The molecule has 8 amide bonds. The Morgan fingerprint density at radius 2 is 1.31 bits per heavy atom. The molecule has 1 aliphatic heterocycles. The van der Waals surface area contributed by atoms with E-state index in [2.05, 4.69) is 64.8 Å². The van der Waals surface area contributed by atoms with Gasteiger partial charge in [0.25, 0.3) is 0 Å². The van der Waals surface area contributed by atoms with E-state index in [1.165, 1.54) is 41.7 Å². The van der Waals surface area contributed by atoms with Crippen molar-refractivity contribution in [2.45, 2.75) is 140 Å². The van der Waals surface area contributed by atoms with E-state index in [1.54, 1.807) is 58.0 Å². The predicted molar refractivity (Wildman–Crippen MR) is 298 cm³/mol. The summed E-state index contributed by atoms with van der Waals surface area (Å²) in [4.78, 5) is 149. The Hall–Kier alpha value is -8.27. The molecule has 17 N–H and O–H groups in total. The van der Waals surface area contributed by atoms with Crippen molar-refractivity contribution in [3.05, 3.63) is 83.9 Å². The molecular formula is C53H76N14O13S. The van der Waals surface area contributed by atoms with Crippen molar-refractivity contribution in [2.75, 3.05) is 18.8 Å². The van der Waals surface area contributed by atoms with Crippen LogP contribution >= 0.6 is 12.6 Å². The first-order valence-electron chi connectivity index (χ1n) is 26.5. The van der Waals surface area contributed by atoms with Crippen LogP contribution in [0.5, 0.6) is 5.75 Å². The molecule has 1 saturated heterocycles. The van der Waals surface area contributed by atoms with E-state index in [1.807, 2.05) is 0 Å². The van der Waals surface area contributed by atoms with Crippen molar-refractivity contribution in [2.24, 2.45) is 34.0 Å². The summed E-state index contributed by atoms with van der Waals surface area (Å²) in [5, 5.41) is 47.8. The number of aromatic hydroxyl groups is 1. The van der Waals surface area contributed by atoms with E-state index < -0.39 is 132 Å². The second kappa shape index (κ2) is 32.1. The number of nitrogens with zero attached hydrogens (tertiary/aromatic N) is 3. The molecule has 28 heteroatoms. The largest absolute Gasteiger partial charge is 0.508 e. The summed E-state index contributed by atoms with van der Waals surface area (Å²) in [6.45, 7) is 6.74. The number of rotatable bonds is 32. The molecular weight excluding hydrogens is 1070 g/mol. The van der Waals surface area contributed by atoms with Crippen LogP contribution in [0, 0.1) is 11.8 Å². The number of carboxylic acid groups (broad SMARTS) is 2. The van der Waals surface area contributed by atoms with Crippen LogP contribution in [0.3, 0.4) is 0 Å². The number of amides is 8. The van der Waals surface area contributed by atoms with Gasteiger partial charge in [-0.3, -0.25) is 48.1 Å². The highest BCUT2D eigenvalue weighted by Gasteiger charge is 2.41. The number of phenolic OH excluding ortho intramolecular Hbond substituents is 1. The molecule has 0 saturated carbocycles. The topological polar surface area (TPSA) is 438 Å². The lowest BCUT2D eigenvalue weighted by Gasteiger charge is -2.32. The van der Waals surface area contributed by atoms with Gasteiger partial charge in [0.1, 0.15) is 54.1 Å². The van der Waals surface area contributed by atoms with Gasteiger partial charge in [0.05, 0.1) is 18.8 Å². The molecule has 2 aromatic carbocycles. The van der Waals surface area contributed by atoms with Crippen LogP contribution in [0.15, 0.2) is 72.1 Å². The first-order chi connectivity index (χ1) is 38.4. The Labute approximate surface area is 474 Å². The summed E-state index contributed by atoms with van der Waals surface area (Å²) in [5.74, 6) is -11.3. The fourth-order valence-corrected chi connectivity index (χ4v) is 8.94. The number of H-pyrrole nitrogens is 1. The van der Waals surface area contributed by atoms with Crippen LogP contribution < -0.4 is 54.4 Å². The Balaban J connectivity index is 1.61. The monoisotopic (exact) mass is 1150 g/mol. The third-order valence-electron chi connectivity index (χ3n) is 13.5. The molecule has 4 rings (SSSR count). The number of aliphatic carboxylic acids is 2. The average molecular weight is 1150 g/mol. The Morgan fingerprint density at radius 3 is 1.90 bits per heavy atom. The van der Waals surface area contributed by atoms with Crippen LogP contribution in [0.1, 0.15) is 83.0 Å². The van der Waals surface area contributed by atoms with Crippen molar-refractivity contribution in [3.8, 4) is 5.75 Å². The van der Waals surface area contributed by atoms with E-state index in [0.29, 0.717) is 29.7 Å². The fraction of sp³-hybridized carbons (Fsp3) is 0.509. The normalized spacial score (nSPS) is 16.3. The van der Waals surface area contributed by atoms with Gasteiger partial charge in [0.2, 0.25) is 47.3 Å². The van der Waals surface area contributed by atoms with Crippen LogP contribution in [0.4, 0.5) is 0 Å². The van der Waals surface area contributed by atoms with E-state index in [9.17, 15) is 63.3 Å². The number of carbonyl (C=O) groups excluding carboxylic acids is 8. The number of carboxylic acids is 2. The number of phenols is 1. The van der Waals surface area contributed by atoms with E-state index in [4.69, 9.17) is 17.2 Å². The van der Waals surface area contributed by atoms with Gasteiger partial charge in [0, 0.05) is 50.0 Å². The number of aromatic nitrogens is 2. The molecule has 0 spiro atoms. The summed E-state index contributed by atoms with van der Waals surface area (Å²) < 4.78 is 0. The van der Waals surface area contributed by atoms with Gasteiger partial charge in [-0.25, -0.2) is 9.78 Å². The predicted octanol–water partition coefficient (Wildman–Crippen LogP) is -1.90. The maximum Gasteiger partial charge on any atom is 0.326 e. The molecule has 3 aromatic rings. The zero-order valence-corrected chi connectivity index (χ0v) is 46.5. The molecule has 27 nitrogen and oxygen atoms in total. The second-order valence-electron chi connectivity index (χ2n) is 20.1. The summed E-state index contributed by atoms with van der Waals surface area (Å²) >= 11 is 3.97. The lowest BCUT2D eigenvalue weighted by Crippen LogP contribution is -2.62. The third-order valence-corrected chi connectivity index (χ3v) is 13.9. The number of aromatic amines is 1. The van der Waals surface area contributed by atoms with Gasteiger partial charge in [-0.05, 0) is 60.8 Å². The smallest absolute Gasteiger partial charge is 0.326 e. The number of hydrogen-bond acceptors (Lipinski definition) is 15. The van der Waals surface area contributed by atoms with Crippen molar-refractivity contribution in [3.63, 3.8) is 0 Å². The van der Waals surface area contributed by atoms with Gasteiger partial charge < -0.3 is 79.6 Å². The number of imidazole rings is 1. The maximum atomic E-state index is 14.7. The number of likely N-dealkylation sites (tertiary alicyclic amines) is 1. The number of aliphatic imine (C=N–C) groups is 1. The SMILES string of the molecule is CC[C@H](C)[C@H](NC(=O)[C@H](Cc1ccc(O)cc1)NC(=O)[C@@H](NC(=O)[C@H](CCCN=C(N)N)NC(=O)[C@H](CC(=O)O)NC(=O)[C@@H](N)CS)C(C)C)C(=O)N[C@@H](Cc1cnc[nH]1)C(=O)N1CCC[C@H]1C(=O)N[C@@H](Cc1ccccc1)C(=O)O. The minimum atomic E-state index is -1.69. The molecule has 0 radical (unpaired) electrons. The number of hydrogen-bond donors (Lipinski definition) is 15. The zero-order valence-electron chi connectivity index (χ0n) is 45.6. The first-order valence-corrected chi connectivity index (χ1v) is 27.1. The van der Waals surface area contributed by atoms with Gasteiger partial charge in [-0.1, -0.05) is 76.6 Å². The Morgan fingerprint density at radius 1 is 0.728 bits per heavy atom. The molecule has 1 aliphatic rings. The minimum Gasteiger partial charge on any atom is -0.508 e. The molecule has 0 bridgehead atoms. The Kier molecular flexibility index (Phi) is 25.9. The number of nitrogens with one attached hydrogen (secondary N) is 8. The van der Waals surface area contributed by atoms with E-state index in [0.717, 1.165) is 0 Å². The number of guanidine groups is 1. The van der Waals surface area contributed by atoms with Crippen LogP contribution in [0.2, 0.25) is 0 Å².